The summed E-state index contributed by atoms with van der Waals surface area (Å²) in [5, 5.41) is 0. The summed E-state index contributed by atoms with van der Waals surface area (Å²) in [5.74, 6) is -3.57. The molecule has 0 radical (unpaired) electrons. The third kappa shape index (κ3) is 2.59. The molecule has 2 aromatic rings. The zero-order chi connectivity index (χ0) is 14.0. The summed E-state index contributed by atoms with van der Waals surface area (Å²) in [6.07, 6.45) is 0. The maximum absolute atomic E-state index is 13.9. The highest BCUT2D eigenvalue weighted by Gasteiger charge is 2.18. The van der Waals surface area contributed by atoms with Crippen molar-refractivity contribution >= 4 is 5.78 Å². The summed E-state index contributed by atoms with van der Waals surface area (Å²) in [6, 6.07) is 6.33. The second-order valence-electron chi connectivity index (χ2n) is 3.81. The molecular weight excluding hydrogens is 257 g/mol. The van der Waals surface area contributed by atoms with E-state index in [9.17, 15) is 18.0 Å². The lowest BCUT2D eigenvalue weighted by atomic mass is 10.0. The third-order valence-electron chi connectivity index (χ3n) is 2.55. The van der Waals surface area contributed by atoms with E-state index in [2.05, 4.69) is 0 Å². The van der Waals surface area contributed by atoms with Crippen LogP contribution in [0.3, 0.4) is 0 Å². The van der Waals surface area contributed by atoms with Crippen LogP contribution in [0.4, 0.5) is 13.2 Å². The Kier molecular flexibility index (Phi) is 3.55. The van der Waals surface area contributed by atoms with E-state index in [4.69, 9.17) is 4.74 Å². The zero-order valence-electron chi connectivity index (χ0n) is 9.91. The van der Waals surface area contributed by atoms with E-state index in [-0.39, 0.29) is 16.9 Å². The van der Waals surface area contributed by atoms with E-state index < -0.39 is 23.2 Å². The van der Waals surface area contributed by atoms with Crippen molar-refractivity contribution in [3.05, 3.63) is 65.0 Å². The molecule has 0 heterocycles. The Morgan fingerprint density at radius 3 is 2.26 bits per heavy atom. The number of hydrogen-bond acceptors (Lipinski definition) is 2. The lowest BCUT2D eigenvalue weighted by Gasteiger charge is -2.07. The largest absolute Gasteiger partial charge is 0.494 e. The first-order chi connectivity index (χ1) is 9.02. The fourth-order valence-corrected chi connectivity index (χ4v) is 1.68. The molecule has 0 saturated carbocycles. The van der Waals surface area contributed by atoms with Crippen LogP contribution in [0.15, 0.2) is 36.4 Å². The molecule has 2 rings (SSSR count). The van der Waals surface area contributed by atoms with Gasteiger partial charge in [0.1, 0.15) is 11.6 Å². The maximum Gasteiger partial charge on any atom is 0.196 e. The minimum absolute atomic E-state index is 0.109. The SMILES string of the molecule is COc1cccc(C(=O)c2cc(F)cc(F)c2)c1F. The lowest BCUT2D eigenvalue weighted by molar-refractivity contribution is 0.103. The van der Waals surface area contributed by atoms with Gasteiger partial charge in [-0.3, -0.25) is 4.79 Å². The van der Waals surface area contributed by atoms with Crippen molar-refractivity contribution in [3.8, 4) is 5.75 Å². The molecule has 5 heteroatoms. The van der Waals surface area contributed by atoms with Crippen molar-refractivity contribution in [1.29, 1.82) is 0 Å². The number of carbonyl (C=O) groups excluding carboxylic acids is 1. The fourth-order valence-electron chi connectivity index (χ4n) is 1.68. The van der Waals surface area contributed by atoms with Gasteiger partial charge in [-0.1, -0.05) is 6.07 Å². The van der Waals surface area contributed by atoms with Crippen molar-refractivity contribution < 1.29 is 22.7 Å². The third-order valence-corrected chi connectivity index (χ3v) is 2.55. The summed E-state index contributed by atoms with van der Waals surface area (Å²) in [5.41, 5.74) is -0.561. The van der Waals surface area contributed by atoms with Gasteiger partial charge in [-0.25, -0.2) is 13.2 Å². The normalized spacial score (nSPS) is 10.3. The molecule has 0 amide bonds. The van der Waals surface area contributed by atoms with Gasteiger partial charge in [0.05, 0.1) is 12.7 Å². The first kappa shape index (κ1) is 13.1. The lowest BCUT2D eigenvalue weighted by Crippen LogP contribution is -2.06. The zero-order valence-corrected chi connectivity index (χ0v) is 9.91. The molecule has 98 valence electrons. The van der Waals surface area contributed by atoms with Crippen LogP contribution in [-0.2, 0) is 0 Å². The van der Waals surface area contributed by atoms with Gasteiger partial charge in [0.15, 0.2) is 17.3 Å². The Hall–Kier alpha value is -2.30. The van der Waals surface area contributed by atoms with E-state index in [0.717, 1.165) is 12.1 Å². The standard InChI is InChI=1S/C14H9F3O2/c1-19-12-4-2-3-11(13(12)17)14(18)8-5-9(15)7-10(16)6-8/h2-7H,1H3. The molecule has 19 heavy (non-hydrogen) atoms. The number of hydrogen-bond donors (Lipinski definition) is 0. The molecule has 0 aliphatic heterocycles. The highest BCUT2D eigenvalue weighted by atomic mass is 19.1. The summed E-state index contributed by atoms with van der Waals surface area (Å²) < 4.78 is 44.7. The molecule has 0 spiro atoms. The fraction of sp³-hybridized carbons (Fsp3) is 0.0714. The van der Waals surface area contributed by atoms with E-state index in [0.29, 0.717) is 6.07 Å². The Balaban J connectivity index is 2.50. The van der Waals surface area contributed by atoms with Gasteiger partial charge in [-0.15, -0.1) is 0 Å². The number of carbonyl (C=O) groups is 1. The number of benzene rings is 2. The van der Waals surface area contributed by atoms with Crippen molar-refractivity contribution in [2.75, 3.05) is 7.11 Å². The van der Waals surface area contributed by atoms with E-state index in [1.54, 1.807) is 0 Å². The molecule has 0 fully saturated rings. The minimum atomic E-state index is -0.897. The molecule has 0 saturated heterocycles. The molecule has 0 aliphatic rings. The average Bonchev–Trinajstić information content (AvgIpc) is 2.37. The number of ketones is 1. The highest BCUT2D eigenvalue weighted by Crippen LogP contribution is 2.23. The summed E-state index contributed by atoms with van der Waals surface area (Å²) >= 11 is 0. The Morgan fingerprint density at radius 1 is 1.05 bits per heavy atom. The number of ether oxygens (including phenoxy) is 1. The number of rotatable bonds is 3. The Bertz CT molecular complexity index is 618. The summed E-state index contributed by atoms with van der Waals surface area (Å²) in [6.45, 7) is 0. The number of methoxy groups -OCH3 is 1. The van der Waals surface area contributed by atoms with Crippen LogP contribution in [0.2, 0.25) is 0 Å². The Labute approximate surface area is 107 Å². The topological polar surface area (TPSA) is 26.3 Å². The summed E-state index contributed by atoms with van der Waals surface area (Å²) in [4.78, 5) is 12.0. The second kappa shape index (κ2) is 5.14. The predicted octanol–water partition coefficient (Wildman–Crippen LogP) is 3.34. The molecular formula is C14H9F3O2. The molecule has 2 nitrogen and oxygen atoms in total. The first-order valence-corrected chi connectivity index (χ1v) is 5.36. The molecule has 0 atom stereocenters. The average molecular weight is 266 g/mol. The Morgan fingerprint density at radius 2 is 1.68 bits per heavy atom. The van der Waals surface area contributed by atoms with Crippen LogP contribution < -0.4 is 4.74 Å². The van der Waals surface area contributed by atoms with Crippen LogP contribution in [0, 0.1) is 17.5 Å². The van der Waals surface area contributed by atoms with Crippen molar-refractivity contribution in [2.24, 2.45) is 0 Å². The van der Waals surface area contributed by atoms with Crippen molar-refractivity contribution in [1.82, 2.24) is 0 Å². The highest BCUT2D eigenvalue weighted by molar-refractivity contribution is 6.09. The van der Waals surface area contributed by atoms with Crippen LogP contribution in [-0.4, -0.2) is 12.9 Å². The number of halogens is 3. The maximum atomic E-state index is 13.9. The first-order valence-electron chi connectivity index (χ1n) is 5.36. The molecule has 0 bridgehead atoms. The summed E-state index contributed by atoms with van der Waals surface area (Å²) in [7, 11) is 1.26. The molecule has 2 aromatic carbocycles. The molecule has 0 N–H and O–H groups in total. The second-order valence-corrected chi connectivity index (χ2v) is 3.81. The van der Waals surface area contributed by atoms with Crippen LogP contribution in [0.5, 0.6) is 5.75 Å². The monoisotopic (exact) mass is 266 g/mol. The van der Waals surface area contributed by atoms with E-state index in [1.807, 2.05) is 0 Å². The van der Waals surface area contributed by atoms with Gasteiger partial charge in [-0.2, -0.15) is 0 Å². The van der Waals surface area contributed by atoms with Crippen LogP contribution in [0.25, 0.3) is 0 Å². The molecule has 0 unspecified atom stereocenters. The quantitative estimate of drug-likeness (QED) is 0.796. The molecule has 0 aromatic heterocycles. The van der Waals surface area contributed by atoms with E-state index in [1.165, 1.54) is 25.3 Å². The predicted molar refractivity (Wildman–Crippen MR) is 62.7 cm³/mol. The van der Waals surface area contributed by atoms with Gasteiger partial charge in [0, 0.05) is 11.6 Å². The van der Waals surface area contributed by atoms with Gasteiger partial charge in [0.25, 0.3) is 0 Å². The minimum Gasteiger partial charge on any atom is -0.494 e. The van der Waals surface area contributed by atoms with Crippen LogP contribution >= 0.6 is 0 Å². The molecule has 0 aliphatic carbocycles. The van der Waals surface area contributed by atoms with Crippen LogP contribution in [0.1, 0.15) is 15.9 Å². The smallest absolute Gasteiger partial charge is 0.196 e. The van der Waals surface area contributed by atoms with Gasteiger partial charge in [-0.05, 0) is 24.3 Å². The van der Waals surface area contributed by atoms with Gasteiger partial charge < -0.3 is 4.74 Å². The van der Waals surface area contributed by atoms with Gasteiger partial charge >= 0.3 is 0 Å². The van der Waals surface area contributed by atoms with E-state index >= 15 is 0 Å². The van der Waals surface area contributed by atoms with Crippen molar-refractivity contribution in [3.63, 3.8) is 0 Å². The van der Waals surface area contributed by atoms with Gasteiger partial charge in [0.2, 0.25) is 0 Å². The van der Waals surface area contributed by atoms with Crippen molar-refractivity contribution in [2.45, 2.75) is 0 Å².